The molecule has 3 nitrogen and oxygen atoms in total. The first-order valence-electron chi connectivity index (χ1n) is 5.76. The van der Waals surface area contributed by atoms with Crippen molar-refractivity contribution in [3.05, 3.63) is 34.9 Å². The van der Waals surface area contributed by atoms with E-state index in [-0.39, 0.29) is 24.2 Å². The van der Waals surface area contributed by atoms with Crippen LogP contribution < -0.4 is 0 Å². The molecule has 0 aliphatic carbocycles. The zero-order valence-corrected chi connectivity index (χ0v) is 11.8. The molecule has 1 aliphatic heterocycles. The van der Waals surface area contributed by atoms with Crippen molar-refractivity contribution in [3.8, 4) is 0 Å². The van der Waals surface area contributed by atoms with Gasteiger partial charge in [0.25, 0.3) is 0 Å². The Labute approximate surface area is 118 Å². The van der Waals surface area contributed by atoms with Gasteiger partial charge in [0.05, 0.1) is 19.3 Å². The number of ketones is 1. The zero-order chi connectivity index (χ0) is 12.3. The van der Waals surface area contributed by atoms with Gasteiger partial charge in [0, 0.05) is 18.1 Å². The largest absolute Gasteiger partial charge is 0.379 e. The zero-order valence-electron chi connectivity index (χ0n) is 10.3. The lowest BCUT2D eigenvalue weighted by Crippen LogP contribution is -2.41. The van der Waals surface area contributed by atoms with Crippen LogP contribution in [0.15, 0.2) is 24.3 Å². The highest BCUT2D eigenvalue weighted by molar-refractivity contribution is 6.30. The fourth-order valence-corrected chi connectivity index (χ4v) is 2.31. The van der Waals surface area contributed by atoms with E-state index in [4.69, 9.17) is 16.3 Å². The van der Waals surface area contributed by atoms with Gasteiger partial charge in [-0.1, -0.05) is 23.7 Å². The van der Waals surface area contributed by atoms with Gasteiger partial charge in [0.2, 0.25) is 0 Å². The van der Waals surface area contributed by atoms with E-state index in [1.54, 1.807) is 6.92 Å². The van der Waals surface area contributed by atoms with E-state index in [1.165, 1.54) is 0 Å². The van der Waals surface area contributed by atoms with Gasteiger partial charge in [-0.15, -0.1) is 12.4 Å². The van der Waals surface area contributed by atoms with Crippen molar-refractivity contribution in [2.24, 2.45) is 0 Å². The van der Waals surface area contributed by atoms with Gasteiger partial charge in [-0.2, -0.15) is 0 Å². The Bertz CT molecular complexity index is 388. The summed E-state index contributed by atoms with van der Waals surface area (Å²) in [6, 6.07) is 7.32. The molecule has 0 radical (unpaired) electrons. The topological polar surface area (TPSA) is 29.5 Å². The van der Waals surface area contributed by atoms with Gasteiger partial charge in [0.1, 0.15) is 0 Å². The van der Waals surface area contributed by atoms with E-state index < -0.39 is 0 Å². The highest BCUT2D eigenvalue weighted by atomic mass is 35.5. The number of ether oxygens (including phenoxy) is 1. The molecule has 1 aromatic rings. The van der Waals surface area contributed by atoms with Crippen LogP contribution in [0.5, 0.6) is 0 Å². The van der Waals surface area contributed by atoms with Crippen LogP contribution in [0.3, 0.4) is 0 Å². The molecule has 1 heterocycles. The van der Waals surface area contributed by atoms with Gasteiger partial charge in [-0.25, -0.2) is 0 Å². The molecular formula is C13H17Cl2NO2. The SMILES string of the molecule is CC(=O)C(c1ccc(Cl)cc1)N1CCOCC1.Cl. The lowest BCUT2D eigenvalue weighted by atomic mass is 10.0. The molecule has 0 spiro atoms. The molecule has 1 saturated heterocycles. The van der Waals surface area contributed by atoms with Crippen molar-refractivity contribution in [1.82, 2.24) is 4.90 Å². The summed E-state index contributed by atoms with van der Waals surface area (Å²) in [5, 5.41) is 0.693. The minimum Gasteiger partial charge on any atom is -0.379 e. The minimum absolute atomic E-state index is 0. The number of rotatable bonds is 3. The molecule has 18 heavy (non-hydrogen) atoms. The fraction of sp³-hybridized carbons (Fsp3) is 0.462. The van der Waals surface area contributed by atoms with E-state index in [2.05, 4.69) is 4.90 Å². The van der Waals surface area contributed by atoms with Crippen LogP contribution in [-0.2, 0) is 9.53 Å². The number of hydrogen-bond acceptors (Lipinski definition) is 3. The van der Waals surface area contributed by atoms with Crippen LogP contribution in [-0.4, -0.2) is 37.0 Å². The maximum Gasteiger partial charge on any atom is 0.151 e. The molecule has 0 N–H and O–H groups in total. The molecule has 1 fully saturated rings. The lowest BCUT2D eigenvalue weighted by molar-refractivity contribution is -0.124. The van der Waals surface area contributed by atoms with E-state index in [0.717, 1.165) is 18.7 Å². The van der Waals surface area contributed by atoms with Crippen molar-refractivity contribution in [2.75, 3.05) is 26.3 Å². The van der Waals surface area contributed by atoms with Crippen LogP contribution in [0.4, 0.5) is 0 Å². The molecule has 0 saturated carbocycles. The van der Waals surface area contributed by atoms with Crippen molar-refractivity contribution in [2.45, 2.75) is 13.0 Å². The Morgan fingerprint density at radius 3 is 2.33 bits per heavy atom. The molecule has 5 heteroatoms. The molecule has 1 unspecified atom stereocenters. The third-order valence-electron chi connectivity index (χ3n) is 2.98. The second kappa shape index (κ2) is 7.10. The summed E-state index contributed by atoms with van der Waals surface area (Å²) in [5.74, 6) is 0.161. The Hall–Kier alpha value is -0.610. The summed E-state index contributed by atoms with van der Waals surface area (Å²) in [7, 11) is 0. The summed E-state index contributed by atoms with van der Waals surface area (Å²) in [5.41, 5.74) is 1.00. The summed E-state index contributed by atoms with van der Waals surface area (Å²) in [6.45, 7) is 4.61. The van der Waals surface area contributed by atoms with Gasteiger partial charge in [-0.3, -0.25) is 9.69 Å². The third-order valence-corrected chi connectivity index (χ3v) is 3.23. The number of benzene rings is 1. The van der Waals surface area contributed by atoms with E-state index in [1.807, 2.05) is 24.3 Å². The van der Waals surface area contributed by atoms with E-state index in [0.29, 0.717) is 18.2 Å². The fourth-order valence-electron chi connectivity index (χ4n) is 2.18. The second-order valence-electron chi connectivity index (χ2n) is 4.21. The van der Waals surface area contributed by atoms with E-state index in [9.17, 15) is 4.79 Å². The van der Waals surface area contributed by atoms with Gasteiger partial charge >= 0.3 is 0 Å². The Kier molecular flexibility index (Phi) is 6.09. The van der Waals surface area contributed by atoms with Crippen molar-refractivity contribution in [3.63, 3.8) is 0 Å². The van der Waals surface area contributed by atoms with Crippen LogP contribution in [0.25, 0.3) is 0 Å². The van der Waals surface area contributed by atoms with Crippen LogP contribution >= 0.6 is 24.0 Å². The number of morpholine rings is 1. The standard InChI is InChI=1S/C13H16ClNO2.ClH/c1-10(16)13(15-6-8-17-9-7-15)11-2-4-12(14)5-3-11;/h2-5,13H,6-9H2,1H3;1H. The molecular weight excluding hydrogens is 273 g/mol. The quantitative estimate of drug-likeness (QED) is 0.857. The first kappa shape index (κ1) is 15.4. The summed E-state index contributed by atoms with van der Waals surface area (Å²) in [6.07, 6.45) is 0. The van der Waals surface area contributed by atoms with Gasteiger partial charge in [-0.05, 0) is 24.6 Å². The number of Topliss-reactive ketones (excluding diaryl/α,β-unsaturated/α-hetero) is 1. The lowest BCUT2D eigenvalue weighted by Gasteiger charge is -2.33. The predicted molar refractivity (Wildman–Crippen MR) is 74.5 cm³/mol. The average Bonchev–Trinajstić information content (AvgIpc) is 2.33. The van der Waals surface area contributed by atoms with Gasteiger partial charge < -0.3 is 4.74 Å². The average molecular weight is 290 g/mol. The monoisotopic (exact) mass is 289 g/mol. The van der Waals surface area contributed by atoms with Crippen LogP contribution in [0.2, 0.25) is 5.02 Å². The highest BCUT2D eigenvalue weighted by Gasteiger charge is 2.25. The minimum atomic E-state index is -0.170. The first-order valence-corrected chi connectivity index (χ1v) is 6.14. The number of nitrogens with zero attached hydrogens (tertiary/aromatic N) is 1. The Morgan fingerprint density at radius 2 is 1.83 bits per heavy atom. The maximum absolute atomic E-state index is 11.8. The predicted octanol–water partition coefficient (Wildman–Crippen LogP) is 2.72. The molecule has 0 aromatic heterocycles. The first-order chi connectivity index (χ1) is 8.18. The van der Waals surface area contributed by atoms with Crippen LogP contribution in [0.1, 0.15) is 18.5 Å². The number of carbonyl (C=O) groups is 1. The van der Waals surface area contributed by atoms with E-state index >= 15 is 0 Å². The van der Waals surface area contributed by atoms with Gasteiger partial charge in [0.15, 0.2) is 5.78 Å². The molecule has 2 rings (SSSR count). The number of carbonyl (C=O) groups excluding carboxylic acids is 1. The summed E-state index contributed by atoms with van der Waals surface area (Å²) in [4.78, 5) is 14.0. The van der Waals surface area contributed by atoms with Crippen molar-refractivity contribution >= 4 is 29.8 Å². The maximum atomic E-state index is 11.8. The number of hydrogen-bond donors (Lipinski definition) is 0. The number of halogens is 2. The molecule has 1 aliphatic rings. The summed E-state index contributed by atoms with van der Waals surface area (Å²) >= 11 is 5.86. The molecule has 0 bridgehead atoms. The summed E-state index contributed by atoms with van der Waals surface area (Å²) < 4.78 is 5.31. The normalized spacial score (nSPS) is 17.9. The molecule has 1 atom stereocenters. The van der Waals surface area contributed by atoms with Crippen LogP contribution in [0, 0.1) is 0 Å². The van der Waals surface area contributed by atoms with Crippen molar-refractivity contribution < 1.29 is 9.53 Å². The molecule has 0 amide bonds. The molecule has 100 valence electrons. The third kappa shape index (κ3) is 3.69. The smallest absolute Gasteiger partial charge is 0.151 e. The second-order valence-corrected chi connectivity index (χ2v) is 4.65. The Balaban J connectivity index is 0.00000162. The highest BCUT2D eigenvalue weighted by Crippen LogP contribution is 2.24. The Morgan fingerprint density at radius 1 is 1.28 bits per heavy atom. The molecule has 1 aromatic carbocycles. The van der Waals surface area contributed by atoms with Crippen molar-refractivity contribution in [1.29, 1.82) is 0 Å².